The van der Waals surface area contributed by atoms with Gasteiger partial charge in [-0.3, -0.25) is 0 Å². The Hall–Kier alpha value is -4.82. The maximum absolute atomic E-state index is 3.92. The Morgan fingerprint density at radius 2 is 1.50 bits per heavy atom. The molecule has 6 aromatic rings. The van der Waals surface area contributed by atoms with Gasteiger partial charge in [0.05, 0.1) is 11.0 Å². The molecular formula is C36H30N2. The Balaban J connectivity index is 1.53. The minimum absolute atomic E-state index is 0.866. The average molecular weight is 491 g/mol. The number of rotatable bonds is 6. The molecule has 2 heteroatoms. The van der Waals surface area contributed by atoms with Crippen molar-refractivity contribution < 1.29 is 0 Å². The van der Waals surface area contributed by atoms with Crippen molar-refractivity contribution in [3.8, 4) is 16.8 Å². The van der Waals surface area contributed by atoms with Crippen LogP contribution in [0.4, 0.5) is 0 Å². The number of nitrogens with one attached hydrogen (secondary N) is 1. The predicted octanol–water partition coefficient (Wildman–Crippen LogP) is 8.20. The first kappa shape index (κ1) is 23.6. The van der Waals surface area contributed by atoms with Gasteiger partial charge in [0.2, 0.25) is 0 Å². The predicted molar refractivity (Wildman–Crippen MR) is 165 cm³/mol. The Labute approximate surface area is 222 Å². The maximum atomic E-state index is 3.92. The van der Waals surface area contributed by atoms with E-state index in [1.165, 1.54) is 49.2 Å². The van der Waals surface area contributed by atoms with Crippen LogP contribution in [0, 0.1) is 0 Å². The quantitative estimate of drug-likeness (QED) is 0.227. The van der Waals surface area contributed by atoms with E-state index in [0.717, 1.165) is 17.3 Å². The fourth-order valence-electron chi connectivity index (χ4n) is 5.34. The van der Waals surface area contributed by atoms with E-state index < -0.39 is 0 Å². The third-order valence-corrected chi connectivity index (χ3v) is 7.07. The van der Waals surface area contributed by atoms with Gasteiger partial charge in [-0.15, -0.1) is 0 Å². The van der Waals surface area contributed by atoms with Crippen LogP contribution in [0.5, 0.6) is 0 Å². The van der Waals surface area contributed by atoms with Crippen LogP contribution < -0.4 is 10.6 Å². The smallest absolute Gasteiger partial charge is 0.0541 e. The molecule has 184 valence electrons. The highest BCUT2D eigenvalue weighted by Crippen LogP contribution is 2.35. The molecule has 0 saturated carbocycles. The molecule has 6 rings (SSSR count). The number of aromatic nitrogens is 2. The van der Waals surface area contributed by atoms with E-state index >= 15 is 0 Å². The van der Waals surface area contributed by atoms with Gasteiger partial charge in [0.15, 0.2) is 0 Å². The summed E-state index contributed by atoms with van der Waals surface area (Å²) >= 11 is 0. The summed E-state index contributed by atoms with van der Waals surface area (Å²) in [5.74, 6) is 0. The molecule has 4 aromatic carbocycles. The zero-order chi connectivity index (χ0) is 25.9. The summed E-state index contributed by atoms with van der Waals surface area (Å²) in [6, 6.07) is 32.8. The third-order valence-electron chi connectivity index (χ3n) is 7.07. The number of benzene rings is 4. The van der Waals surface area contributed by atoms with Crippen LogP contribution in [0.25, 0.3) is 61.7 Å². The molecule has 0 radical (unpaired) electrons. The maximum Gasteiger partial charge on any atom is 0.0541 e. The van der Waals surface area contributed by atoms with Crippen LogP contribution >= 0.6 is 0 Å². The second-order valence-electron chi connectivity index (χ2n) is 9.43. The summed E-state index contributed by atoms with van der Waals surface area (Å²) in [7, 11) is 0. The largest absolute Gasteiger partial charge is 0.355 e. The Morgan fingerprint density at radius 3 is 2.32 bits per heavy atom. The van der Waals surface area contributed by atoms with Gasteiger partial charge in [-0.1, -0.05) is 91.6 Å². The molecule has 2 heterocycles. The molecule has 0 fully saturated rings. The monoisotopic (exact) mass is 490 g/mol. The highest BCUT2D eigenvalue weighted by Gasteiger charge is 2.13. The fourth-order valence-corrected chi connectivity index (χ4v) is 5.34. The molecule has 0 aliphatic carbocycles. The number of aromatic amines is 1. The van der Waals surface area contributed by atoms with E-state index in [4.69, 9.17) is 0 Å². The lowest BCUT2D eigenvalue weighted by Crippen LogP contribution is -2.22. The number of hydrogen-bond donors (Lipinski definition) is 1. The summed E-state index contributed by atoms with van der Waals surface area (Å²) in [4.78, 5) is 3.57. The van der Waals surface area contributed by atoms with Gasteiger partial charge in [-0.25, -0.2) is 0 Å². The van der Waals surface area contributed by atoms with E-state index in [1.54, 1.807) is 0 Å². The molecule has 0 atom stereocenters. The first-order chi connectivity index (χ1) is 18.8. The number of nitrogens with zero attached hydrogens (tertiary/aromatic N) is 1. The van der Waals surface area contributed by atoms with Crippen molar-refractivity contribution in [2.45, 2.75) is 13.3 Å². The van der Waals surface area contributed by atoms with Gasteiger partial charge in [0, 0.05) is 37.9 Å². The van der Waals surface area contributed by atoms with Crippen molar-refractivity contribution in [3.63, 3.8) is 0 Å². The van der Waals surface area contributed by atoms with Crippen LogP contribution in [-0.4, -0.2) is 9.55 Å². The fraction of sp³-hybridized carbons (Fsp3) is 0.0556. The van der Waals surface area contributed by atoms with Gasteiger partial charge < -0.3 is 9.55 Å². The second kappa shape index (κ2) is 10.3. The molecule has 0 saturated heterocycles. The normalized spacial score (nSPS) is 13.2. The average Bonchev–Trinajstić information content (AvgIpc) is 3.48. The number of H-pyrrole nitrogens is 1. The number of hydrogen-bond acceptors (Lipinski definition) is 0. The van der Waals surface area contributed by atoms with Crippen molar-refractivity contribution in [2.75, 3.05) is 0 Å². The van der Waals surface area contributed by atoms with E-state index in [1.807, 2.05) is 25.2 Å². The van der Waals surface area contributed by atoms with Gasteiger partial charge in [0.25, 0.3) is 0 Å². The first-order valence-corrected chi connectivity index (χ1v) is 13.1. The second-order valence-corrected chi connectivity index (χ2v) is 9.43. The van der Waals surface area contributed by atoms with Crippen molar-refractivity contribution in [3.05, 3.63) is 139 Å². The number of allylic oxidation sites excluding steroid dienone is 5. The minimum atomic E-state index is 0.866. The summed E-state index contributed by atoms with van der Waals surface area (Å²) in [5.41, 5.74) is 7.17. The number of para-hydroxylation sites is 2. The van der Waals surface area contributed by atoms with Crippen LogP contribution in [-0.2, 0) is 0 Å². The van der Waals surface area contributed by atoms with Gasteiger partial charge in [0.1, 0.15) is 0 Å². The number of fused-ring (bicyclic) bond motifs is 4. The standard InChI is InChI=1S/C36H30N2/c1-3-5-6-7-11-17-29-31-24-26(20-22-34(31)37-33(29)14-4-2)27-21-23-36-32(25-27)30-18-12-13-19-35(30)38(36)28-15-9-8-10-16-28/h3-10,12-25,37H,2,11H2,1H3/b5-3-,7-6-,29-17-,33-14+. The zero-order valence-corrected chi connectivity index (χ0v) is 21.6. The molecule has 1 N–H and O–H groups in total. The highest BCUT2D eigenvalue weighted by atomic mass is 15.0. The molecule has 2 aromatic heterocycles. The van der Waals surface area contributed by atoms with E-state index in [2.05, 4.69) is 131 Å². The van der Waals surface area contributed by atoms with E-state index in [9.17, 15) is 0 Å². The minimum Gasteiger partial charge on any atom is -0.355 e. The molecule has 0 unspecified atom stereocenters. The molecule has 38 heavy (non-hydrogen) atoms. The van der Waals surface area contributed by atoms with Crippen LogP contribution in [0.3, 0.4) is 0 Å². The van der Waals surface area contributed by atoms with Crippen LogP contribution in [0.2, 0.25) is 0 Å². The lowest BCUT2D eigenvalue weighted by Gasteiger charge is -2.08. The van der Waals surface area contributed by atoms with Crippen molar-refractivity contribution in [1.29, 1.82) is 0 Å². The molecular weight excluding hydrogens is 460 g/mol. The van der Waals surface area contributed by atoms with Crippen LogP contribution in [0.15, 0.2) is 128 Å². The molecule has 0 amide bonds. The molecule has 2 nitrogen and oxygen atoms in total. The van der Waals surface area contributed by atoms with Gasteiger partial charge in [-0.05, 0) is 73.0 Å². The van der Waals surface area contributed by atoms with Gasteiger partial charge in [-0.2, -0.15) is 0 Å². The summed E-state index contributed by atoms with van der Waals surface area (Å²) in [6.45, 7) is 5.95. The topological polar surface area (TPSA) is 20.7 Å². The Morgan fingerprint density at radius 1 is 0.763 bits per heavy atom. The zero-order valence-electron chi connectivity index (χ0n) is 21.6. The molecule has 0 aliphatic heterocycles. The Bertz CT molecular complexity index is 1960. The van der Waals surface area contributed by atoms with Gasteiger partial charge >= 0.3 is 0 Å². The molecule has 0 bridgehead atoms. The highest BCUT2D eigenvalue weighted by molar-refractivity contribution is 6.10. The van der Waals surface area contributed by atoms with E-state index in [0.29, 0.717) is 0 Å². The molecule has 0 aliphatic rings. The first-order valence-electron chi connectivity index (χ1n) is 13.1. The summed E-state index contributed by atoms with van der Waals surface area (Å²) < 4.78 is 2.36. The lowest BCUT2D eigenvalue weighted by molar-refractivity contribution is 1.18. The third kappa shape index (κ3) is 4.21. The Kier molecular flexibility index (Phi) is 6.37. The van der Waals surface area contributed by atoms with Crippen molar-refractivity contribution in [2.24, 2.45) is 0 Å². The SMILES string of the molecule is C=C/C=c1/[nH]c2ccc(-c3ccc4c(c3)c3ccccc3n4-c3ccccc3)cc2/c1=C/C/C=C\C=C/C. The van der Waals surface area contributed by atoms with Crippen LogP contribution in [0.1, 0.15) is 13.3 Å². The van der Waals surface area contributed by atoms with Crippen molar-refractivity contribution in [1.82, 2.24) is 9.55 Å². The van der Waals surface area contributed by atoms with E-state index in [-0.39, 0.29) is 0 Å². The lowest BCUT2D eigenvalue weighted by atomic mass is 10.0. The molecule has 0 spiro atoms. The van der Waals surface area contributed by atoms with Crippen molar-refractivity contribution >= 4 is 44.9 Å². The summed E-state index contributed by atoms with van der Waals surface area (Å²) in [5, 5.41) is 6.06. The summed E-state index contributed by atoms with van der Waals surface area (Å²) in [6.07, 6.45) is 15.4.